The van der Waals surface area contributed by atoms with Crippen molar-refractivity contribution in [3.05, 3.63) is 60.4 Å². The average Bonchev–Trinajstić information content (AvgIpc) is 3.21. The highest BCUT2D eigenvalue weighted by Crippen LogP contribution is 2.52. The SMILES string of the molecule is Cc1cn2ccc(-c3nc(C#N)ccc3-c3cnn(CC4(C(F)F)CC4)c3)cc2n1. The van der Waals surface area contributed by atoms with Gasteiger partial charge in [0.2, 0.25) is 6.43 Å². The average molecular weight is 404 g/mol. The second-order valence-electron chi connectivity index (χ2n) is 7.86. The molecule has 1 aliphatic carbocycles. The van der Waals surface area contributed by atoms with Gasteiger partial charge in [-0.15, -0.1) is 0 Å². The van der Waals surface area contributed by atoms with Crippen LogP contribution in [0.1, 0.15) is 24.2 Å². The number of nitrogens with zero attached hydrogens (tertiary/aromatic N) is 6. The van der Waals surface area contributed by atoms with Crippen LogP contribution in [0.4, 0.5) is 8.78 Å². The van der Waals surface area contributed by atoms with Crippen molar-refractivity contribution < 1.29 is 8.78 Å². The zero-order chi connectivity index (χ0) is 20.9. The number of hydrogen-bond acceptors (Lipinski definition) is 4. The molecule has 0 aromatic carbocycles. The van der Waals surface area contributed by atoms with Gasteiger partial charge >= 0.3 is 0 Å². The Morgan fingerprint density at radius 2 is 2.00 bits per heavy atom. The minimum Gasteiger partial charge on any atom is -0.307 e. The highest BCUT2D eigenvalue weighted by molar-refractivity contribution is 5.81. The number of halogens is 2. The molecule has 4 heterocycles. The van der Waals surface area contributed by atoms with Crippen molar-refractivity contribution in [1.29, 1.82) is 5.26 Å². The maximum atomic E-state index is 13.3. The third-order valence-electron chi connectivity index (χ3n) is 5.64. The first kappa shape index (κ1) is 18.4. The molecule has 0 spiro atoms. The fourth-order valence-electron chi connectivity index (χ4n) is 3.75. The molecule has 5 rings (SSSR count). The summed E-state index contributed by atoms with van der Waals surface area (Å²) >= 11 is 0. The number of aromatic nitrogens is 5. The standard InChI is InChI=1S/C22H18F2N6/c1-14-11-29-7-4-15(8-19(29)27-14)20-18(3-2-17(9-25)28-20)16-10-26-30(12-16)13-22(5-6-22)21(23)24/h2-4,7-8,10-12,21H,5-6,13H2,1H3. The second-order valence-corrected chi connectivity index (χ2v) is 7.86. The number of alkyl halides is 2. The molecule has 4 aromatic heterocycles. The van der Waals surface area contributed by atoms with E-state index in [0.29, 0.717) is 24.2 Å². The Labute approximate surface area is 171 Å². The Morgan fingerprint density at radius 1 is 1.17 bits per heavy atom. The fourth-order valence-corrected chi connectivity index (χ4v) is 3.75. The lowest BCUT2D eigenvalue weighted by molar-refractivity contribution is 0.0491. The lowest BCUT2D eigenvalue weighted by Crippen LogP contribution is -2.20. The number of aryl methyl sites for hydroxylation is 1. The molecule has 0 unspecified atom stereocenters. The highest BCUT2D eigenvalue weighted by Gasteiger charge is 2.51. The summed E-state index contributed by atoms with van der Waals surface area (Å²) < 4.78 is 30.1. The van der Waals surface area contributed by atoms with Crippen LogP contribution in [0.15, 0.2) is 49.1 Å². The summed E-state index contributed by atoms with van der Waals surface area (Å²) in [6, 6.07) is 9.38. The van der Waals surface area contributed by atoms with Gasteiger partial charge in [0.25, 0.3) is 0 Å². The predicted octanol–water partition coefficient (Wildman–Crippen LogP) is 4.49. The van der Waals surface area contributed by atoms with Crippen molar-refractivity contribution in [1.82, 2.24) is 24.1 Å². The summed E-state index contributed by atoms with van der Waals surface area (Å²) in [6.07, 6.45) is 5.96. The van der Waals surface area contributed by atoms with Crippen LogP contribution in [0.25, 0.3) is 28.0 Å². The largest absolute Gasteiger partial charge is 0.307 e. The van der Waals surface area contributed by atoms with Crippen LogP contribution >= 0.6 is 0 Å². The first-order valence-corrected chi connectivity index (χ1v) is 9.65. The topological polar surface area (TPSA) is 71.8 Å². The van der Waals surface area contributed by atoms with Crippen LogP contribution in [0.5, 0.6) is 0 Å². The van der Waals surface area contributed by atoms with Crippen molar-refractivity contribution in [2.24, 2.45) is 5.41 Å². The molecular formula is C22H18F2N6. The summed E-state index contributed by atoms with van der Waals surface area (Å²) in [5, 5.41) is 13.6. The number of pyridine rings is 2. The number of imidazole rings is 1. The van der Waals surface area contributed by atoms with Gasteiger partial charge in [-0.2, -0.15) is 10.4 Å². The van der Waals surface area contributed by atoms with Gasteiger partial charge in [0.05, 0.1) is 29.5 Å². The van der Waals surface area contributed by atoms with Gasteiger partial charge in [0.15, 0.2) is 0 Å². The van der Waals surface area contributed by atoms with E-state index in [9.17, 15) is 14.0 Å². The summed E-state index contributed by atoms with van der Waals surface area (Å²) in [6.45, 7) is 2.12. The first-order valence-electron chi connectivity index (χ1n) is 9.65. The van der Waals surface area contributed by atoms with Crippen molar-refractivity contribution in [3.63, 3.8) is 0 Å². The summed E-state index contributed by atoms with van der Waals surface area (Å²) in [7, 11) is 0. The Kier molecular flexibility index (Phi) is 4.13. The summed E-state index contributed by atoms with van der Waals surface area (Å²) in [5.41, 5.74) is 4.05. The molecule has 1 aliphatic rings. The van der Waals surface area contributed by atoms with Crippen LogP contribution < -0.4 is 0 Å². The Bertz CT molecular complexity index is 1290. The number of nitriles is 1. The minimum atomic E-state index is -2.35. The molecule has 1 saturated carbocycles. The minimum absolute atomic E-state index is 0.197. The van der Waals surface area contributed by atoms with E-state index < -0.39 is 11.8 Å². The molecule has 0 aliphatic heterocycles. The molecule has 1 fully saturated rings. The molecule has 0 atom stereocenters. The fraction of sp³-hybridized carbons (Fsp3) is 0.273. The van der Waals surface area contributed by atoms with Gasteiger partial charge < -0.3 is 4.40 Å². The lowest BCUT2D eigenvalue weighted by atomic mass is 10.0. The number of fused-ring (bicyclic) bond motifs is 1. The summed E-state index contributed by atoms with van der Waals surface area (Å²) in [5.74, 6) is 0. The molecule has 150 valence electrons. The van der Waals surface area contributed by atoms with E-state index in [1.165, 1.54) is 0 Å². The Morgan fingerprint density at radius 3 is 2.73 bits per heavy atom. The van der Waals surface area contributed by atoms with E-state index in [2.05, 4.69) is 21.1 Å². The predicted molar refractivity (Wildman–Crippen MR) is 107 cm³/mol. The zero-order valence-electron chi connectivity index (χ0n) is 16.3. The third-order valence-corrected chi connectivity index (χ3v) is 5.64. The molecule has 8 heteroatoms. The van der Waals surface area contributed by atoms with Crippen LogP contribution in [0.3, 0.4) is 0 Å². The Balaban J connectivity index is 1.56. The van der Waals surface area contributed by atoms with Crippen LogP contribution in [-0.2, 0) is 6.54 Å². The van der Waals surface area contributed by atoms with Gasteiger partial charge in [-0.3, -0.25) is 4.68 Å². The van der Waals surface area contributed by atoms with Crippen molar-refractivity contribution in [2.75, 3.05) is 0 Å². The molecule has 0 radical (unpaired) electrons. The number of hydrogen-bond donors (Lipinski definition) is 0. The molecule has 0 amide bonds. The van der Waals surface area contributed by atoms with Crippen molar-refractivity contribution in [2.45, 2.75) is 32.7 Å². The maximum Gasteiger partial charge on any atom is 0.245 e. The van der Waals surface area contributed by atoms with E-state index in [1.807, 2.05) is 41.9 Å². The van der Waals surface area contributed by atoms with Gasteiger partial charge in [-0.05, 0) is 44.0 Å². The van der Waals surface area contributed by atoms with E-state index >= 15 is 0 Å². The van der Waals surface area contributed by atoms with E-state index in [0.717, 1.165) is 28.0 Å². The zero-order valence-corrected chi connectivity index (χ0v) is 16.3. The van der Waals surface area contributed by atoms with E-state index in [1.54, 1.807) is 23.1 Å². The van der Waals surface area contributed by atoms with Gasteiger partial charge in [-0.1, -0.05) is 0 Å². The normalized spacial score (nSPS) is 14.9. The Hall–Kier alpha value is -3.60. The van der Waals surface area contributed by atoms with Crippen LogP contribution in [-0.4, -0.2) is 30.6 Å². The molecule has 30 heavy (non-hydrogen) atoms. The van der Waals surface area contributed by atoms with Crippen molar-refractivity contribution in [3.8, 4) is 28.5 Å². The monoisotopic (exact) mass is 404 g/mol. The maximum absolute atomic E-state index is 13.3. The smallest absolute Gasteiger partial charge is 0.245 e. The highest BCUT2D eigenvalue weighted by atomic mass is 19.3. The van der Waals surface area contributed by atoms with E-state index in [-0.39, 0.29) is 6.54 Å². The molecule has 6 nitrogen and oxygen atoms in total. The quantitative estimate of drug-likeness (QED) is 0.492. The molecule has 0 saturated heterocycles. The van der Waals surface area contributed by atoms with Crippen LogP contribution in [0.2, 0.25) is 0 Å². The second kappa shape index (κ2) is 6.73. The summed E-state index contributed by atoms with van der Waals surface area (Å²) in [4.78, 5) is 9.02. The lowest BCUT2D eigenvalue weighted by Gasteiger charge is -2.13. The molecule has 4 aromatic rings. The third kappa shape index (κ3) is 3.12. The van der Waals surface area contributed by atoms with Crippen LogP contribution in [0, 0.1) is 23.7 Å². The van der Waals surface area contributed by atoms with E-state index in [4.69, 9.17) is 0 Å². The van der Waals surface area contributed by atoms with Crippen molar-refractivity contribution >= 4 is 5.65 Å². The van der Waals surface area contributed by atoms with Gasteiger partial charge in [0, 0.05) is 35.3 Å². The molecular weight excluding hydrogens is 386 g/mol. The molecule has 0 N–H and O–H groups in total. The first-order chi connectivity index (χ1) is 14.5. The number of rotatable bonds is 5. The molecule has 0 bridgehead atoms. The van der Waals surface area contributed by atoms with Gasteiger partial charge in [0.1, 0.15) is 17.4 Å². The van der Waals surface area contributed by atoms with Gasteiger partial charge in [-0.25, -0.2) is 18.7 Å².